The lowest BCUT2D eigenvalue weighted by atomic mass is 9.80. The van der Waals surface area contributed by atoms with E-state index in [0.29, 0.717) is 19.8 Å². The fourth-order valence-corrected chi connectivity index (χ4v) is 3.64. The summed E-state index contributed by atoms with van der Waals surface area (Å²) in [5.41, 5.74) is 2.74. The number of hydrogen-bond acceptors (Lipinski definition) is 3. The van der Waals surface area contributed by atoms with Crippen LogP contribution in [0.15, 0.2) is 91.0 Å². The lowest BCUT2D eigenvalue weighted by Gasteiger charge is -2.36. The Hall–Kier alpha value is -2.46. The van der Waals surface area contributed by atoms with E-state index in [4.69, 9.17) is 14.6 Å². The van der Waals surface area contributed by atoms with Crippen molar-refractivity contribution in [3.05, 3.63) is 108 Å². The van der Waals surface area contributed by atoms with Crippen LogP contribution < -0.4 is 0 Å². The van der Waals surface area contributed by atoms with Crippen LogP contribution >= 0.6 is 0 Å². The molecule has 3 aromatic carbocycles. The molecule has 0 radical (unpaired) electrons. The second kappa shape index (κ2) is 11.5. The van der Waals surface area contributed by atoms with Gasteiger partial charge in [0.2, 0.25) is 0 Å². The molecule has 0 aliphatic heterocycles. The first-order valence-corrected chi connectivity index (χ1v) is 10.4. The van der Waals surface area contributed by atoms with E-state index in [2.05, 4.69) is 72.8 Å². The van der Waals surface area contributed by atoms with Crippen LogP contribution in [0.1, 0.15) is 36.0 Å². The van der Waals surface area contributed by atoms with Gasteiger partial charge in [-0.15, -0.1) is 0 Å². The Labute approximate surface area is 173 Å². The van der Waals surface area contributed by atoms with Crippen molar-refractivity contribution in [1.29, 1.82) is 0 Å². The molecular formula is C26H30O3. The lowest BCUT2D eigenvalue weighted by molar-refractivity contribution is 0.00954. The van der Waals surface area contributed by atoms with E-state index in [0.717, 1.165) is 36.0 Å². The molecule has 29 heavy (non-hydrogen) atoms. The van der Waals surface area contributed by atoms with Gasteiger partial charge < -0.3 is 14.6 Å². The van der Waals surface area contributed by atoms with Gasteiger partial charge in [0.1, 0.15) is 5.60 Å². The van der Waals surface area contributed by atoms with E-state index in [1.165, 1.54) is 0 Å². The van der Waals surface area contributed by atoms with E-state index in [1.807, 2.05) is 18.2 Å². The minimum Gasteiger partial charge on any atom is -0.394 e. The van der Waals surface area contributed by atoms with Gasteiger partial charge in [0.05, 0.1) is 13.2 Å². The second-order valence-electron chi connectivity index (χ2n) is 7.02. The Morgan fingerprint density at radius 2 is 1.00 bits per heavy atom. The highest BCUT2D eigenvalue weighted by Crippen LogP contribution is 2.40. The number of hydrogen-bond donors (Lipinski definition) is 1. The summed E-state index contributed by atoms with van der Waals surface area (Å²) in [6.07, 6.45) is 2.95. The van der Waals surface area contributed by atoms with E-state index in [-0.39, 0.29) is 6.61 Å². The number of ether oxygens (including phenoxy) is 2. The van der Waals surface area contributed by atoms with Gasteiger partial charge in [-0.2, -0.15) is 0 Å². The van der Waals surface area contributed by atoms with Crippen molar-refractivity contribution in [3.8, 4) is 0 Å². The first kappa shape index (κ1) is 21.3. The molecule has 0 saturated carbocycles. The smallest absolute Gasteiger partial charge is 0.143 e. The fraction of sp³-hybridized carbons (Fsp3) is 0.308. The zero-order valence-electron chi connectivity index (χ0n) is 16.9. The number of rotatable bonds is 12. The summed E-state index contributed by atoms with van der Waals surface area (Å²) in [5, 5.41) is 8.78. The molecule has 0 fully saturated rings. The molecule has 152 valence electrons. The predicted octanol–water partition coefficient (Wildman–Crippen LogP) is 5.17. The molecule has 0 aromatic heterocycles. The third kappa shape index (κ3) is 5.54. The zero-order valence-corrected chi connectivity index (χ0v) is 16.9. The number of aliphatic hydroxyl groups is 1. The second-order valence-corrected chi connectivity index (χ2v) is 7.02. The van der Waals surface area contributed by atoms with Crippen molar-refractivity contribution >= 4 is 0 Å². The molecule has 0 heterocycles. The number of benzene rings is 3. The van der Waals surface area contributed by atoms with Crippen LogP contribution in [0.4, 0.5) is 0 Å². The van der Waals surface area contributed by atoms with Gasteiger partial charge in [0, 0.05) is 13.2 Å². The van der Waals surface area contributed by atoms with E-state index in [1.54, 1.807) is 0 Å². The van der Waals surface area contributed by atoms with E-state index in [9.17, 15) is 0 Å². The van der Waals surface area contributed by atoms with Gasteiger partial charge >= 0.3 is 0 Å². The highest BCUT2D eigenvalue weighted by Gasteiger charge is 2.37. The third-order valence-electron chi connectivity index (χ3n) is 5.03. The third-order valence-corrected chi connectivity index (χ3v) is 5.03. The van der Waals surface area contributed by atoms with Crippen molar-refractivity contribution in [2.75, 3.05) is 26.4 Å². The Kier molecular flexibility index (Phi) is 8.44. The first-order chi connectivity index (χ1) is 14.4. The van der Waals surface area contributed by atoms with Crippen molar-refractivity contribution < 1.29 is 14.6 Å². The van der Waals surface area contributed by atoms with Crippen molar-refractivity contribution in [2.24, 2.45) is 0 Å². The van der Waals surface area contributed by atoms with Gasteiger partial charge in [-0.1, -0.05) is 91.0 Å². The molecule has 0 amide bonds. The number of aliphatic hydroxyl groups excluding tert-OH is 1. The molecule has 3 heteroatoms. The molecule has 0 unspecified atom stereocenters. The molecule has 0 atom stereocenters. The van der Waals surface area contributed by atoms with Crippen molar-refractivity contribution in [2.45, 2.75) is 24.9 Å². The van der Waals surface area contributed by atoms with Crippen LogP contribution in [-0.2, 0) is 15.1 Å². The average molecular weight is 391 g/mol. The lowest BCUT2D eigenvalue weighted by Crippen LogP contribution is -2.33. The summed E-state index contributed by atoms with van der Waals surface area (Å²) in [6, 6.07) is 31.4. The summed E-state index contributed by atoms with van der Waals surface area (Å²) in [6.45, 7) is 1.83. The normalized spacial score (nSPS) is 11.5. The van der Waals surface area contributed by atoms with Crippen LogP contribution in [-0.4, -0.2) is 31.5 Å². The van der Waals surface area contributed by atoms with Gasteiger partial charge in [-0.05, 0) is 36.0 Å². The predicted molar refractivity (Wildman–Crippen MR) is 117 cm³/mol. The Morgan fingerprint density at radius 3 is 1.45 bits per heavy atom. The molecule has 3 nitrogen and oxygen atoms in total. The summed E-state index contributed by atoms with van der Waals surface area (Å²) < 4.78 is 12.1. The van der Waals surface area contributed by atoms with Crippen LogP contribution in [0.3, 0.4) is 0 Å². The van der Waals surface area contributed by atoms with Gasteiger partial charge in [0.25, 0.3) is 0 Å². The average Bonchev–Trinajstić information content (AvgIpc) is 2.80. The summed E-state index contributed by atoms with van der Waals surface area (Å²) in [7, 11) is 0. The molecule has 1 N–H and O–H groups in total. The van der Waals surface area contributed by atoms with Gasteiger partial charge in [0.15, 0.2) is 0 Å². The topological polar surface area (TPSA) is 38.7 Å². The molecule has 3 rings (SSSR count). The standard InChI is InChI=1S/C26H30O3/c27-19-22-28-20-11-4-12-21-29-26(23-13-5-1-6-14-23,24-15-7-2-8-16-24)25-17-9-3-10-18-25/h1-3,5-10,13-18,27H,4,11-12,19-22H2. The maximum atomic E-state index is 8.78. The van der Waals surface area contributed by atoms with Gasteiger partial charge in [-0.3, -0.25) is 0 Å². The highest BCUT2D eigenvalue weighted by molar-refractivity contribution is 5.47. The zero-order chi connectivity index (χ0) is 20.2. The Morgan fingerprint density at radius 1 is 0.552 bits per heavy atom. The van der Waals surface area contributed by atoms with Crippen LogP contribution in [0.25, 0.3) is 0 Å². The number of unbranched alkanes of at least 4 members (excludes halogenated alkanes) is 2. The van der Waals surface area contributed by atoms with E-state index >= 15 is 0 Å². The highest BCUT2D eigenvalue weighted by atomic mass is 16.5. The van der Waals surface area contributed by atoms with Crippen LogP contribution in [0.2, 0.25) is 0 Å². The fourth-order valence-electron chi connectivity index (χ4n) is 3.64. The molecule has 0 saturated heterocycles. The van der Waals surface area contributed by atoms with Gasteiger partial charge in [-0.25, -0.2) is 0 Å². The van der Waals surface area contributed by atoms with Crippen molar-refractivity contribution in [1.82, 2.24) is 0 Å². The Bertz CT molecular complexity index is 706. The largest absolute Gasteiger partial charge is 0.394 e. The van der Waals surface area contributed by atoms with E-state index < -0.39 is 5.60 Å². The van der Waals surface area contributed by atoms with Crippen LogP contribution in [0, 0.1) is 0 Å². The molecule has 0 aliphatic carbocycles. The minimum atomic E-state index is -0.642. The summed E-state index contributed by atoms with van der Waals surface area (Å²) in [4.78, 5) is 0. The minimum absolute atomic E-state index is 0.0802. The first-order valence-electron chi connectivity index (χ1n) is 10.4. The molecule has 0 bridgehead atoms. The maximum absolute atomic E-state index is 8.78. The molecule has 0 spiro atoms. The summed E-state index contributed by atoms with van der Waals surface area (Å²) in [5.74, 6) is 0. The maximum Gasteiger partial charge on any atom is 0.143 e. The monoisotopic (exact) mass is 390 g/mol. The SMILES string of the molecule is OCCOCCCCCOC(c1ccccc1)(c1ccccc1)c1ccccc1. The summed E-state index contributed by atoms with van der Waals surface area (Å²) >= 11 is 0. The molecule has 0 aliphatic rings. The van der Waals surface area contributed by atoms with Crippen LogP contribution in [0.5, 0.6) is 0 Å². The van der Waals surface area contributed by atoms with Crippen molar-refractivity contribution in [3.63, 3.8) is 0 Å². The molecular weight excluding hydrogens is 360 g/mol. The molecule has 3 aromatic rings. The Balaban J connectivity index is 1.83. The quantitative estimate of drug-likeness (QED) is 0.342.